The number of rotatable bonds is 7. The largest absolute Gasteiger partial charge is 0.476 e. The average molecular weight is 462 g/mol. The summed E-state index contributed by atoms with van der Waals surface area (Å²) in [5, 5.41) is 9.56. The maximum atomic E-state index is 11.7. The Labute approximate surface area is 196 Å². The van der Waals surface area contributed by atoms with Gasteiger partial charge in [0.2, 0.25) is 0 Å². The van der Waals surface area contributed by atoms with Crippen LogP contribution >= 0.6 is 0 Å². The van der Waals surface area contributed by atoms with Gasteiger partial charge in [-0.2, -0.15) is 0 Å². The van der Waals surface area contributed by atoms with E-state index in [0.29, 0.717) is 39.2 Å². The van der Waals surface area contributed by atoms with E-state index < -0.39 is 14.0 Å². The Morgan fingerprint density at radius 3 is 2.18 bits per heavy atom. The Morgan fingerprint density at radius 1 is 0.970 bits per heavy atom. The molecule has 0 bridgehead atoms. The number of carboxylic acid groups (broad SMARTS) is 1. The summed E-state index contributed by atoms with van der Waals surface area (Å²) in [6, 6.07) is 14.9. The molecule has 0 aliphatic rings. The van der Waals surface area contributed by atoms with Crippen molar-refractivity contribution in [3.05, 3.63) is 66.2 Å². The molecule has 6 heteroatoms. The number of nitrogens with zero attached hydrogens (tertiary/aromatic N) is 1. The van der Waals surface area contributed by atoms with Crippen LogP contribution in [0.5, 0.6) is 11.5 Å². The number of aromatic nitrogens is 1. The molecular formula is C27H31NO4Si. The second kappa shape index (κ2) is 10.1. The predicted molar refractivity (Wildman–Crippen MR) is 133 cm³/mol. The van der Waals surface area contributed by atoms with Crippen LogP contribution in [0.1, 0.15) is 57.6 Å². The quantitative estimate of drug-likeness (QED) is 0.293. The summed E-state index contributed by atoms with van der Waals surface area (Å²) in [4.78, 5) is 15.6. The molecule has 0 saturated carbocycles. The monoisotopic (exact) mass is 461 g/mol. The molecule has 3 rings (SSSR count). The number of aromatic carboxylic acids is 1. The summed E-state index contributed by atoms with van der Waals surface area (Å²) in [5.74, 6) is 3.82. The van der Waals surface area contributed by atoms with Gasteiger partial charge in [0, 0.05) is 11.1 Å². The van der Waals surface area contributed by atoms with Crippen molar-refractivity contribution in [1.29, 1.82) is 0 Å². The molecule has 3 aromatic rings. The zero-order valence-electron chi connectivity index (χ0n) is 20.0. The third-order valence-corrected chi connectivity index (χ3v) is 12.6. The Kier molecular flexibility index (Phi) is 7.45. The van der Waals surface area contributed by atoms with Gasteiger partial charge in [0.1, 0.15) is 19.6 Å². The molecule has 1 aromatic heterocycles. The summed E-state index contributed by atoms with van der Waals surface area (Å²) in [6.07, 6.45) is 1.15. The molecule has 33 heavy (non-hydrogen) atoms. The zero-order chi connectivity index (χ0) is 24.2. The second-order valence-electron chi connectivity index (χ2n) is 9.10. The highest BCUT2D eigenvalue weighted by Crippen LogP contribution is 2.41. The van der Waals surface area contributed by atoms with E-state index in [4.69, 9.17) is 9.15 Å². The van der Waals surface area contributed by atoms with Crippen LogP contribution in [-0.4, -0.2) is 24.1 Å². The average Bonchev–Trinajstić information content (AvgIpc) is 3.24. The molecular weight excluding hydrogens is 430 g/mol. The van der Waals surface area contributed by atoms with Gasteiger partial charge in [-0.25, -0.2) is 9.78 Å². The molecule has 0 aliphatic heterocycles. The molecule has 1 N–H and O–H groups in total. The normalized spacial score (nSPS) is 11.5. The highest BCUT2D eigenvalue weighted by atomic mass is 28.3. The first-order chi connectivity index (χ1) is 15.7. The van der Waals surface area contributed by atoms with Crippen LogP contribution in [0.3, 0.4) is 0 Å². The SMILES string of the molecule is CC(C)[Si](C#Cc1cc(Oc2ccccc2)ccc1-c1ocnc1C(=O)O)(C(C)C)C(C)C. The lowest BCUT2D eigenvalue weighted by atomic mass is 10.0. The van der Waals surface area contributed by atoms with E-state index in [-0.39, 0.29) is 11.5 Å². The summed E-state index contributed by atoms with van der Waals surface area (Å²) < 4.78 is 11.5. The fourth-order valence-electron chi connectivity index (χ4n) is 4.71. The minimum absolute atomic E-state index is 0.130. The van der Waals surface area contributed by atoms with Gasteiger partial charge in [-0.15, -0.1) is 5.54 Å². The molecule has 0 amide bonds. The molecule has 0 spiro atoms. The lowest BCUT2D eigenvalue weighted by Gasteiger charge is -2.38. The fraction of sp³-hybridized carbons (Fsp3) is 0.333. The highest BCUT2D eigenvalue weighted by Gasteiger charge is 2.41. The summed E-state index contributed by atoms with van der Waals surface area (Å²) >= 11 is 0. The van der Waals surface area contributed by atoms with Gasteiger partial charge < -0.3 is 14.3 Å². The highest BCUT2D eigenvalue weighted by molar-refractivity contribution is 6.90. The smallest absolute Gasteiger partial charge is 0.358 e. The maximum Gasteiger partial charge on any atom is 0.358 e. The van der Waals surface area contributed by atoms with E-state index in [0.717, 1.165) is 6.39 Å². The van der Waals surface area contributed by atoms with Crippen LogP contribution in [0.25, 0.3) is 11.3 Å². The van der Waals surface area contributed by atoms with Crippen LogP contribution in [0.2, 0.25) is 16.6 Å². The van der Waals surface area contributed by atoms with Crippen molar-refractivity contribution in [3.63, 3.8) is 0 Å². The van der Waals surface area contributed by atoms with Crippen LogP contribution < -0.4 is 4.74 Å². The molecule has 0 unspecified atom stereocenters. The van der Waals surface area contributed by atoms with Crippen LogP contribution in [0, 0.1) is 11.5 Å². The van der Waals surface area contributed by atoms with Crippen molar-refractivity contribution in [2.24, 2.45) is 0 Å². The van der Waals surface area contributed by atoms with Gasteiger partial charge in [0.25, 0.3) is 0 Å². The standard InChI is InChI=1S/C27H31NO4Si/c1-18(2)33(19(3)4,20(5)6)15-14-21-16-23(32-22-10-8-7-9-11-22)12-13-24(21)26-25(27(29)30)28-17-31-26/h7-13,16-20H,1-6H3,(H,29,30). The Morgan fingerprint density at radius 2 is 1.61 bits per heavy atom. The van der Waals surface area contributed by atoms with Gasteiger partial charge in [-0.3, -0.25) is 0 Å². The van der Waals surface area contributed by atoms with Gasteiger partial charge in [0.15, 0.2) is 17.8 Å². The molecule has 0 radical (unpaired) electrons. The number of oxazole rings is 1. The molecule has 0 aliphatic carbocycles. The lowest BCUT2D eigenvalue weighted by Crippen LogP contribution is -2.43. The fourth-order valence-corrected chi connectivity index (χ4v) is 9.93. The third-order valence-electron chi connectivity index (χ3n) is 6.26. The van der Waals surface area contributed by atoms with Gasteiger partial charge in [-0.1, -0.05) is 65.7 Å². The van der Waals surface area contributed by atoms with Crippen molar-refractivity contribution in [3.8, 4) is 34.3 Å². The molecule has 0 saturated heterocycles. The van der Waals surface area contributed by atoms with E-state index in [1.807, 2.05) is 36.4 Å². The summed E-state index contributed by atoms with van der Waals surface area (Å²) in [5.41, 5.74) is 6.26. The van der Waals surface area contributed by atoms with Gasteiger partial charge >= 0.3 is 5.97 Å². The summed E-state index contributed by atoms with van der Waals surface area (Å²) in [7, 11) is -2.01. The molecule has 5 nitrogen and oxygen atoms in total. The van der Waals surface area contributed by atoms with Crippen molar-refractivity contribution >= 4 is 14.0 Å². The topological polar surface area (TPSA) is 72.6 Å². The van der Waals surface area contributed by atoms with Crippen molar-refractivity contribution in [2.45, 2.75) is 58.2 Å². The van der Waals surface area contributed by atoms with E-state index in [9.17, 15) is 9.90 Å². The van der Waals surface area contributed by atoms with Crippen LogP contribution in [-0.2, 0) is 0 Å². The number of carboxylic acids is 1. The first kappa shape index (κ1) is 24.3. The Balaban J connectivity index is 2.18. The van der Waals surface area contributed by atoms with E-state index in [1.165, 1.54) is 0 Å². The molecule has 172 valence electrons. The van der Waals surface area contributed by atoms with Crippen molar-refractivity contribution in [1.82, 2.24) is 4.98 Å². The molecule has 1 heterocycles. The van der Waals surface area contributed by atoms with Crippen molar-refractivity contribution in [2.75, 3.05) is 0 Å². The van der Waals surface area contributed by atoms with E-state index >= 15 is 0 Å². The lowest BCUT2D eigenvalue weighted by molar-refractivity contribution is 0.0691. The first-order valence-electron chi connectivity index (χ1n) is 11.2. The predicted octanol–water partition coefficient (Wildman–Crippen LogP) is 7.40. The number of hydrogen-bond acceptors (Lipinski definition) is 4. The van der Waals surface area contributed by atoms with E-state index in [2.05, 4.69) is 58.0 Å². The zero-order valence-corrected chi connectivity index (χ0v) is 21.0. The molecule has 0 fully saturated rings. The number of hydrogen-bond donors (Lipinski definition) is 1. The first-order valence-corrected chi connectivity index (χ1v) is 13.5. The molecule has 2 aromatic carbocycles. The maximum absolute atomic E-state index is 11.7. The third kappa shape index (κ3) is 5.04. The Bertz CT molecular complexity index is 1150. The minimum atomic E-state index is -2.01. The van der Waals surface area contributed by atoms with Crippen molar-refractivity contribution < 1.29 is 19.1 Å². The van der Waals surface area contributed by atoms with Crippen LogP contribution in [0.4, 0.5) is 0 Å². The second-order valence-corrected chi connectivity index (χ2v) is 14.7. The van der Waals surface area contributed by atoms with Crippen LogP contribution in [0.15, 0.2) is 59.3 Å². The summed E-state index contributed by atoms with van der Waals surface area (Å²) in [6.45, 7) is 13.6. The number of carbonyl (C=O) groups is 1. The number of ether oxygens (including phenoxy) is 1. The molecule has 0 atom stereocenters. The number of para-hydroxylation sites is 1. The Hall–Kier alpha value is -3.30. The van der Waals surface area contributed by atoms with Gasteiger partial charge in [-0.05, 0) is 47.0 Å². The van der Waals surface area contributed by atoms with Gasteiger partial charge in [0.05, 0.1) is 0 Å². The minimum Gasteiger partial charge on any atom is -0.476 e. The van der Waals surface area contributed by atoms with E-state index in [1.54, 1.807) is 12.1 Å². The number of benzene rings is 2.